The summed E-state index contributed by atoms with van der Waals surface area (Å²) in [4.78, 5) is 14.7. The minimum atomic E-state index is -0.254. The number of benzene rings is 2. The van der Waals surface area contributed by atoms with E-state index in [1.165, 1.54) is 18.2 Å². The molecule has 1 amide bonds. The highest BCUT2D eigenvalue weighted by Gasteiger charge is 2.29. The lowest BCUT2D eigenvalue weighted by Crippen LogP contribution is -2.46. The monoisotopic (exact) mass is 383 g/mol. The average Bonchev–Trinajstić information content (AvgIpc) is 2.65. The van der Waals surface area contributed by atoms with Gasteiger partial charge in [-0.15, -0.1) is 0 Å². The fourth-order valence-electron chi connectivity index (χ4n) is 3.52. The molecular weight excluding hydrogens is 358 g/mol. The van der Waals surface area contributed by atoms with Crippen LogP contribution in [0.4, 0.5) is 5.69 Å². The Morgan fingerprint density at radius 1 is 1.21 bits per heavy atom. The highest BCUT2D eigenvalue weighted by atomic mass is 16.5. The number of nitrogens with two attached hydrogens (primary N) is 2. The maximum Gasteiger partial charge on any atom is 0.254 e. The van der Waals surface area contributed by atoms with Gasteiger partial charge in [0, 0.05) is 29.6 Å². The quantitative estimate of drug-likeness (QED) is 0.589. The topological polar surface area (TPSA) is 122 Å². The van der Waals surface area contributed by atoms with E-state index < -0.39 is 0 Å². The van der Waals surface area contributed by atoms with Crippen molar-refractivity contribution in [2.24, 2.45) is 5.73 Å². The lowest BCUT2D eigenvalue weighted by molar-refractivity contribution is 0.0527. The van der Waals surface area contributed by atoms with Crippen molar-refractivity contribution in [1.82, 2.24) is 4.90 Å². The molecule has 28 heavy (non-hydrogen) atoms. The van der Waals surface area contributed by atoms with Gasteiger partial charge in [-0.1, -0.05) is 12.6 Å². The van der Waals surface area contributed by atoms with Crippen LogP contribution in [0.2, 0.25) is 0 Å². The van der Waals surface area contributed by atoms with E-state index >= 15 is 0 Å². The van der Waals surface area contributed by atoms with E-state index in [0.717, 1.165) is 19.3 Å². The van der Waals surface area contributed by atoms with Crippen LogP contribution < -0.4 is 16.2 Å². The second-order valence-electron chi connectivity index (χ2n) is 6.94. The Morgan fingerprint density at radius 3 is 2.61 bits per heavy atom. The molecule has 1 aliphatic heterocycles. The Morgan fingerprint density at radius 2 is 1.93 bits per heavy atom. The Bertz CT molecular complexity index is 877. The molecule has 0 unspecified atom stereocenters. The lowest BCUT2D eigenvalue weighted by atomic mass is 10.0. The van der Waals surface area contributed by atoms with Crippen LogP contribution in [0.25, 0.3) is 5.70 Å². The SMILES string of the molecule is C=C(N)c1c(N)cccc1OC[C@H]1CCCCN1C(=O)c1cc(O)cc(O)c1. The van der Waals surface area contributed by atoms with Gasteiger partial charge < -0.3 is 31.3 Å². The first-order chi connectivity index (χ1) is 13.4. The van der Waals surface area contributed by atoms with Gasteiger partial charge in [0.15, 0.2) is 0 Å². The highest BCUT2D eigenvalue weighted by molar-refractivity contribution is 5.95. The summed E-state index contributed by atoms with van der Waals surface area (Å²) in [6.07, 6.45) is 2.66. The van der Waals surface area contributed by atoms with Gasteiger partial charge in [-0.05, 0) is 43.5 Å². The number of carbonyl (C=O) groups is 1. The number of aromatic hydroxyl groups is 2. The molecule has 1 saturated heterocycles. The number of phenols is 2. The third kappa shape index (κ3) is 4.14. The van der Waals surface area contributed by atoms with Crippen LogP contribution >= 0.6 is 0 Å². The maximum atomic E-state index is 12.9. The number of hydrogen-bond donors (Lipinski definition) is 4. The molecule has 0 aliphatic carbocycles. The number of piperidine rings is 1. The number of phenolic OH excluding ortho intramolecular Hbond substituents is 2. The van der Waals surface area contributed by atoms with Crippen molar-refractivity contribution in [3.05, 3.63) is 54.1 Å². The minimum Gasteiger partial charge on any atom is -0.508 e. The maximum absolute atomic E-state index is 12.9. The zero-order chi connectivity index (χ0) is 20.3. The van der Waals surface area contributed by atoms with Gasteiger partial charge in [0.1, 0.15) is 23.9 Å². The van der Waals surface area contributed by atoms with Gasteiger partial charge in [0.05, 0.1) is 11.6 Å². The smallest absolute Gasteiger partial charge is 0.254 e. The second kappa shape index (κ2) is 8.12. The second-order valence-corrected chi connectivity index (χ2v) is 6.94. The third-order valence-corrected chi connectivity index (χ3v) is 4.85. The van der Waals surface area contributed by atoms with Crippen LogP contribution in [0.3, 0.4) is 0 Å². The fourth-order valence-corrected chi connectivity index (χ4v) is 3.52. The molecule has 2 aromatic carbocycles. The minimum absolute atomic E-state index is 0.147. The first-order valence-electron chi connectivity index (χ1n) is 9.17. The number of rotatable bonds is 5. The van der Waals surface area contributed by atoms with Gasteiger partial charge in [-0.3, -0.25) is 4.79 Å². The van der Waals surface area contributed by atoms with Crippen LogP contribution in [0.1, 0.15) is 35.2 Å². The van der Waals surface area contributed by atoms with Crippen molar-refractivity contribution < 1.29 is 19.7 Å². The van der Waals surface area contributed by atoms with Crippen LogP contribution in [-0.4, -0.2) is 40.2 Å². The molecule has 7 heteroatoms. The number of ether oxygens (including phenoxy) is 1. The third-order valence-electron chi connectivity index (χ3n) is 4.85. The zero-order valence-corrected chi connectivity index (χ0v) is 15.6. The number of carbonyl (C=O) groups excluding carboxylic acids is 1. The van der Waals surface area contributed by atoms with Crippen molar-refractivity contribution in [2.75, 3.05) is 18.9 Å². The fraction of sp³-hybridized carbons (Fsp3) is 0.286. The molecule has 1 fully saturated rings. The largest absolute Gasteiger partial charge is 0.508 e. The summed E-state index contributed by atoms with van der Waals surface area (Å²) < 4.78 is 5.97. The number of nitrogens with zero attached hydrogens (tertiary/aromatic N) is 1. The Balaban J connectivity index is 1.78. The van der Waals surface area contributed by atoms with E-state index in [1.54, 1.807) is 23.1 Å². The number of hydrogen-bond acceptors (Lipinski definition) is 6. The zero-order valence-electron chi connectivity index (χ0n) is 15.6. The van der Waals surface area contributed by atoms with Crippen molar-refractivity contribution in [2.45, 2.75) is 25.3 Å². The molecule has 2 aromatic rings. The van der Waals surface area contributed by atoms with Gasteiger partial charge in [-0.25, -0.2) is 0 Å². The van der Waals surface area contributed by atoms with E-state index in [1.807, 2.05) is 0 Å². The first-order valence-corrected chi connectivity index (χ1v) is 9.17. The number of likely N-dealkylation sites (tertiary alicyclic amines) is 1. The Labute approximate surface area is 163 Å². The number of anilines is 1. The highest BCUT2D eigenvalue weighted by Crippen LogP contribution is 2.30. The predicted octanol–water partition coefficient (Wildman–Crippen LogP) is 2.68. The molecule has 0 aromatic heterocycles. The van der Waals surface area contributed by atoms with Crippen LogP contribution in [0, 0.1) is 0 Å². The van der Waals surface area contributed by atoms with Crippen molar-refractivity contribution in [1.29, 1.82) is 0 Å². The van der Waals surface area contributed by atoms with Crippen molar-refractivity contribution >= 4 is 17.3 Å². The normalized spacial score (nSPS) is 16.6. The van der Waals surface area contributed by atoms with Gasteiger partial charge in [0.2, 0.25) is 0 Å². The molecule has 148 valence electrons. The van der Waals surface area contributed by atoms with Crippen molar-refractivity contribution in [3.8, 4) is 17.2 Å². The molecule has 0 radical (unpaired) electrons. The number of nitrogen functional groups attached to an aromatic ring is 1. The molecule has 7 nitrogen and oxygen atoms in total. The predicted molar refractivity (Wildman–Crippen MR) is 108 cm³/mol. The van der Waals surface area contributed by atoms with Crippen LogP contribution in [-0.2, 0) is 0 Å². The van der Waals surface area contributed by atoms with Gasteiger partial charge in [0.25, 0.3) is 5.91 Å². The molecule has 0 bridgehead atoms. The summed E-state index contributed by atoms with van der Waals surface area (Å²) >= 11 is 0. The summed E-state index contributed by atoms with van der Waals surface area (Å²) in [5.41, 5.74) is 13.4. The van der Waals surface area contributed by atoms with E-state index in [-0.39, 0.29) is 35.6 Å². The summed E-state index contributed by atoms with van der Waals surface area (Å²) in [5, 5.41) is 19.4. The number of amides is 1. The summed E-state index contributed by atoms with van der Waals surface area (Å²) in [6.45, 7) is 4.60. The molecule has 0 spiro atoms. The van der Waals surface area contributed by atoms with E-state index in [4.69, 9.17) is 16.2 Å². The molecule has 1 aliphatic rings. The summed E-state index contributed by atoms with van der Waals surface area (Å²) in [7, 11) is 0. The Hall–Kier alpha value is -3.35. The summed E-state index contributed by atoms with van der Waals surface area (Å²) in [6, 6.07) is 9.01. The van der Waals surface area contributed by atoms with Crippen LogP contribution in [0.5, 0.6) is 17.2 Å². The summed E-state index contributed by atoms with van der Waals surface area (Å²) in [5.74, 6) is -0.0333. The van der Waals surface area contributed by atoms with E-state index in [0.29, 0.717) is 29.2 Å². The van der Waals surface area contributed by atoms with Crippen LogP contribution in [0.15, 0.2) is 43.0 Å². The standard InChI is InChI=1S/C21H25N3O4/c1-13(22)20-18(23)6-4-7-19(20)28-12-15-5-2-3-8-24(15)21(27)14-9-16(25)11-17(26)10-14/h4,6-7,9-11,15,25-26H,1-3,5,8,12,22-23H2/t15-/m1/s1. The van der Waals surface area contributed by atoms with Gasteiger partial charge in [-0.2, -0.15) is 0 Å². The first kappa shape index (κ1) is 19.4. The molecule has 1 atom stereocenters. The average molecular weight is 383 g/mol. The van der Waals surface area contributed by atoms with Crippen molar-refractivity contribution in [3.63, 3.8) is 0 Å². The molecule has 3 rings (SSSR count). The molecule has 1 heterocycles. The van der Waals surface area contributed by atoms with Gasteiger partial charge >= 0.3 is 0 Å². The molecular formula is C21H25N3O4. The van der Waals surface area contributed by atoms with E-state index in [9.17, 15) is 15.0 Å². The molecule has 0 saturated carbocycles. The molecule has 6 N–H and O–H groups in total. The van der Waals surface area contributed by atoms with E-state index in [2.05, 4.69) is 6.58 Å². The Kier molecular flexibility index (Phi) is 5.63. The lowest BCUT2D eigenvalue weighted by Gasteiger charge is -2.35.